The van der Waals surface area contributed by atoms with Crippen molar-refractivity contribution in [3.63, 3.8) is 0 Å². The van der Waals surface area contributed by atoms with Crippen molar-refractivity contribution in [1.29, 1.82) is 0 Å². The van der Waals surface area contributed by atoms with Crippen molar-refractivity contribution in [2.45, 2.75) is 23.0 Å². The van der Waals surface area contributed by atoms with Gasteiger partial charge in [0.1, 0.15) is 0 Å². The molecule has 1 atom stereocenters. The van der Waals surface area contributed by atoms with Gasteiger partial charge >= 0.3 is 0 Å². The molecule has 0 N–H and O–H groups in total. The molecule has 0 amide bonds. The summed E-state index contributed by atoms with van der Waals surface area (Å²) in [5, 5.41) is 0.788. The van der Waals surface area contributed by atoms with Gasteiger partial charge in [0.15, 0.2) is 0 Å². The van der Waals surface area contributed by atoms with E-state index < -0.39 is 0 Å². The molecule has 1 aliphatic heterocycles. The first-order valence-corrected chi connectivity index (χ1v) is 6.13. The molecule has 1 heterocycles. The van der Waals surface area contributed by atoms with Crippen molar-refractivity contribution >= 4 is 11.8 Å². The summed E-state index contributed by atoms with van der Waals surface area (Å²) < 4.78 is 0. The summed E-state index contributed by atoms with van der Waals surface area (Å²) in [4.78, 5) is 3.84. The minimum Gasteiger partial charge on any atom is -0.305 e. The van der Waals surface area contributed by atoms with E-state index in [9.17, 15) is 0 Å². The number of thioether (sulfide) groups is 1. The average molecular weight is 207 g/mol. The average Bonchev–Trinajstić information content (AvgIpc) is 2.19. The molecule has 0 aromatic heterocycles. The maximum absolute atomic E-state index is 2.43. The number of likely N-dealkylation sites (tertiary alicyclic amines) is 1. The fraction of sp³-hybridized carbons (Fsp3) is 0.500. The Morgan fingerprint density at radius 2 is 2.07 bits per heavy atom. The Labute approximate surface area is 90.5 Å². The lowest BCUT2D eigenvalue weighted by Crippen LogP contribution is -2.33. The van der Waals surface area contributed by atoms with E-state index >= 15 is 0 Å². The molecule has 2 heteroatoms. The molecule has 0 bridgehead atoms. The van der Waals surface area contributed by atoms with Gasteiger partial charge in [-0.3, -0.25) is 0 Å². The number of piperidine rings is 1. The summed E-state index contributed by atoms with van der Waals surface area (Å²) in [6, 6.07) is 10.7. The van der Waals surface area contributed by atoms with E-state index in [1.54, 1.807) is 0 Å². The largest absolute Gasteiger partial charge is 0.305 e. The van der Waals surface area contributed by atoms with Gasteiger partial charge in [-0.25, -0.2) is 0 Å². The molecular weight excluding hydrogens is 190 g/mol. The van der Waals surface area contributed by atoms with Gasteiger partial charge in [-0.05, 0) is 38.6 Å². The molecule has 2 rings (SSSR count). The maximum Gasteiger partial charge on any atom is 0.0222 e. The van der Waals surface area contributed by atoms with Crippen molar-refractivity contribution in [3.05, 3.63) is 30.3 Å². The first kappa shape index (κ1) is 10.1. The van der Waals surface area contributed by atoms with Crippen LogP contribution < -0.4 is 0 Å². The van der Waals surface area contributed by atoms with Crippen LogP contribution in [-0.4, -0.2) is 30.3 Å². The normalized spacial score (nSPS) is 23.6. The van der Waals surface area contributed by atoms with E-state index in [2.05, 4.69) is 42.3 Å². The maximum atomic E-state index is 2.43. The van der Waals surface area contributed by atoms with Crippen LogP contribution >= 0.6 is 11.8 Å². The van der Waals surface area contributed by atoms with Gasteiger partial charge in [-0.2, -0.15) is 0 Å². The molecule has 0 aliphatic carbocycles. The van der Waals surface area contributed by atoms with Crippen molar-refractivity contribution in [1.82, 2.24) is 4.90 Å². The van der Waals surface area contributed by atoms with Crippen LogP contribution in [0.2, 0.25) is 0 Å². The zero-order valence-electron chi connectivity index (χ0n) is 8.65. The number of nitrogens with zero attached hydrogens (tertiary/aromatic N) is 1. The third kappa shape index (κ3) is 2.76. The standard InChI is InChI=1S/C12H17NS/c1-13-9-5-8-12(10-13)14-11-6-3-2-4-7-11/h2-4,6-7,12H,5,8-10H2,1H3. The molecule has 1 aromatic rings. The lowest BCUT2D eigenvalue weighted by Gasteiger charge is -2.29. The Morgan fingerprint density at radius 3 is 2.79 bits per heavy atom. The van der Waals surface area contributed by atoms with Crippen LogP contribution in [0.1, 0.15) is 12.8 Å². The molecule has 1 aliphatic rings. The highest BCUT2D eigenvalue weighted by Crippen LogP contribution is 2.28. The predicted molar refractivity (Wildman–Crippen MR) is 62.8 cm³/mol. The summed E-state index contributed by atoms with van der Waals surface area (Å²) in [5.74, 6) is 0. The number of benzene rings is 1. The van der Waals surface area contributed by atoms with E-state index in [0.29, 0.717) is 0 Å². The minimum absolute atomic E-state index is 0.788. The highest BCUT2D eigenvalue weighted by atomic mass is 32.2. The van der Waals surface area contributed by atoms with E-state index in [0.717, 1.165) is 5.25 Å². The monoisotopic (exact) mass is 207 g/mol. The minimum atomic E-state index is 0.788. The molecule has 0 saturated carbocycles. The Kier molecular flexibility index (Phi) is 3.49. The molecule has 0 radical (unpaired) electrons. The third-order valence-corrected chi connectivity index (χ3v) is 3.89. The molecule has 1 unspecified atom stereocenters. The number of hydrogen-bond acceptors (Lipinski definition) is 2. The van der Waals surface area contributed by atoms with Crippen LogP contribution in [0.3, 0.4) is 0 Å². The first-order valence-electron chi connectivity index (χ1n) is 5.25. The van der Waals surface area contributed by atoms with Crippen LogP contribution in [0, 0.1) is 0 Å². The second-order valence-corrected chi connectivity index (χ2v) is 5.33. The highest BCUT2D eigenvalue weighted by molar-refractivity contribution is 8.00. The summed E-state index contributed by atoms with van der Waals surface area (Å²) in [6.45, 7) is 2.51. The molecule has 1 aromatic carbocycles. The number of rotatable bonds is 2. The zero-order valence-corrected chi connectivity index (χ0v) is 9.46. The predicted octanol–water partition coefficient (Wildman–Crippen LogP) is 2.87. The topological polar surface area (TPSA) is 3.24 Å². The lowest BCUT2D eigenvalue weighted by molar-refractivity contribution is 0.283. The van der Waals surface area contributed by atoms with Crippen molar-refractivity contribution in [2.24, 2.45) is 0 Å². The number of hydrogen-bond donors (Lipinski definition) is 0. The van der Waals surface area contributed by atoms with Gasteiger partial charge in [0, 0.05) is 16.7 Å². The summed E-state index contributed by atoms with van der Waals surface area (Å²) in [5.41, 5.74) is 0. The van der Waals surface area contributed by atoms with E-state index in [1.807, 2.05) is 11.8 Å². The van der Waals surface area contributed by atoms with Gasteiger partial charge < -0.3 is 4.90 Å². The highest BCUT2D eigenvalue weighted by Gasteiger charge is 2.17. The Hall–Kier alpha value is -0.470. The van der Waals surface area contributed by atoms with Crippen LogP contribution in [-0.2, 0) is 0 Å². The van der Waals surface area contributed by atoms with E-state index in [4.69, 9.17) is 0 Å². The van der Waals surface area contributed by atoms with Gasteiger partial charge in [0.25, 0.3) is 0 Å². The fourth-order valence-corrected chi connectivity index (χ4v) is 3.22. The van der Waals surface area contributed by atoms with Gasteiger partial charge in [-0.1, -0.05) is 18.2 Å². The second-order valence-electron chi connectivity index (χ2n) is 3.96. The van der Waals surface area contributed by atoms with Crippen LogP contribution in [0.15, 0.2) is 35.2 Å². The molecule has 1 fully saturated rings. The molecule has 76 valence electrons. The second kappa shape index (κ2) is 4.85. The van der Waals surface area contributed by atoms with Crippen molar-refractivity contribution < 1.29 is 0 Å². The van der Waals surface area contributed by atoms with E-state index in [1.165, 1.54) is 30.8 Å². The van der Waals surface area contributed by atoms with Gasteiger partial charge in [0.2, 0.25) is 0 Å². The van der Waals surface area contributed by atoms with Gasteiger partial charge in [0.05, 0.1) is 0 Å². The summed E-state index contributed by atoms with van der Waals surface area (Å²) >= 11 is 2.03. The Morgan fingerprint density at radius 1 is 1.29 bits per heavy atom. The smallest absolute Gasteiger partial charge is 0.0222 e. The third-order valence-electron chi connectivity index (χ3n) is 2.63. The van der Waals surface area contributed by atoms with Crippen LogP contribution in [0.5, 0.6) is 0 Å². The van der Waals surface area contributed by atoms with Crippen LogP contribution in [0.25, 0.3) is 0 Å². The van der Waals surface area contributed by atoms with Gasteiger partial charge in [-0.15, -0.1) is 11.8 Å². The van der Waals surface area contributed by atoms with Crippen LogP contribution in [0.4, 0.5) is 0 Å². The van der Waals surface area contributed by atoms with E-state index in [-0.39, 0.29) is 0 Å². The quantitative estimate of drug-likeness (QED) is 0.733. The molecule has 0 spiro atoms. The Bertz CT molecular complexity index is 273. The lowest BCUT2D eigenvalue weighted by atomic mass is 10.1. The zero-order chi connectivity index (χ0) is 9.80. The van der Waals surface area contributed by atoms with Crippen molar-refractivity contribution in [3.8, 4) is 0 Å². The molecular formula is C12H17NS. The molecule has 1 nitrogen and oxygen atoms in total. The summed E-state index contributed by atoms with van der Waals surface area (Å²) in [6.07, 6.45) is 2.71. The SMILES string of the molecule is CN1CCCC(Sc2ccccc2)C1. The first-order chi connectivity index (χ1) is 6.84. The molecule has 14 heavy (non-hydrogen) atoms. The Balaban J connectivity index is 1.91. The summed E-state index contributed by atoms with van der Waals surface area (Å²) in [7, 11) is 2.22. The fourth-order valence-electron chi connectivity index (χ4n) is 1.91. The van der Waals surface area contributed by atoms with Crippen molar-refractivity contribution in [2.75, 3.05) is 20.1 Å². The molecule has 1 saturated heterocycles.